The van der Waals surface area contributed by atoms with Gasteiger partial charge in [-0.2, -0.15) is 0 Å². The number of hydrogen-bond acceptors (Lipinski definition) is 3. The number of benzene rings is 2. The molecule has 1 aliphatic carbocycles. The average Bonchev–Trinajstić information content (AvgIpc) is 3.09. The van der Waals surface area contributed by atoms with Crippen LogP contribution in [-0.4, -0.2) is 34.6 Å². The number of rotatable bonds is 7. The summed E-state index contributed by atoms with van der Waals surface area (Å²) in [6.07, 6.45) is 4.34. The molecule has 3 unspecified atom stereocenters. The molecule has 1 fully saturated rings. The Morgan fingerprint density at radius 2 is 1.71 bits per heavy atom. The summed E-state index contributed by atoms with van der Waals surface area (Å²) in [6.45, 7) is 9.21. The molecule has 35 heavy (non-hydrogen) atoms. The van der Waals surface area contributed by atoms with Gasteiger partial charge in [0.1, 0.15) is 17.2 Å². The Bertz CT molecular complexity index is 1080. The number of halogens is 1. The number of amides is 2. The molecule has 1 heterocycles. The molecule has 2 amide bonds. The first-order valence-electron chi connectivity index (χ1n) is 12.9. The Labute approximate surface area is 207 Å². The Morgan fingerprint density at radius 1 is 1.09 bits per heavy atom. The quantitative estimate of drug-likeness (QED) is 0.540. The number of nitrogens with zero attached hydrogens (tertiary/aromatic N) is 2. The summed E-state index contributed by atoms with van der Waals surface area (Å²) in [5.41, 5.74) is 2.06. The van der Waals surface area contributed by atoms with E-state index in [0.29, 0.717) is 35.2 Å². The summed E-state index contributed by atoms with van der Waals surface area (Å²) in [5, 5.41) is 2.91. The van der Waals surface area contributed by atoms with Crippen molar-refractivity contribution in [3.05, 3.63) is 71.0 Å². The molecule has 6 heteroatoms. The van der Waals surface area contributed by atoms with E-state index in [9.17, 15) is 14.0 Å². The Kier molecular flexibility index (Phi) is 7.39. The lowest BCUT2D eigenvalue weighted by atomic mass is 9.75. The molecule has 4 rings (SSSR count). The van der Waals surface area contributed by atoms with Crippen LogP contribution >= 0.6 is 0 Å². The van der Waals surface area contributed by atoms with E-state index < -0.39 is 5.66 Å². The Balaban J connectivity index is 1.71. The van der Waals surface area contributed by atoms with E-state index in [4.69, 9.17) is 4.99 Å². The topological polar surface area (TPSA) is 61.8 Å². The lowest BCUT2D eigenvalue weighted by molar-refractivity contribution is -0.134. The van der Waals surface area contributed by atoms with Gasteiger partial charge in [-0.25, -0.2) is 4.39 Å². The van der Waals surface area contributed by atoms with Gasteiger partial charge in [-0.05, 0) is 85.9 Å². The highest BCUT2D eigenvalue weighted by Gasteiger charge is 2.52. The molecule has 1 N–H and O–H groups in total. The van der Waals surface area contributed by atoms with Crippen LogP contribution in [0.5, 0.6) is 0 Å². The Morgan fingerprint density at radius 3 is 2.29 bits per heavy atom. The van der Waals surface area contributed by atoms with E-state index in [1.807, 2.05) is 36.1 Å². The summed E-state index contributed by atoms with van der Waals surface area (Å²) in [7, 11) is 0. The molecule has 2 aromatic rings. The van der Waals surface area contributed by atoms with Crippen LogP contribution in [0.15, 0.2) is 53.5 Å². The number of carbonyl (C=O) groups is 2. The monoisotopic (exact) mass is 477 g/mol. The fraction of sp³-hybridized carbons (Fsp3) is 0.483. The highest BCUT2D eigenvalue weighted by Crippen LogP contribution is 2.48. The van der Waals surface area contributed by atoms with Gasteiger partial charge < -0.3 is 10.2 Å². The molecule has 1 aliphatic heterocycles. The minimum absolute atomic E-state index is 0.0861. The van der Waals surface area contributed by atoms with Crippen molar-refractivity contribution in [3.63, 3.8) is 0 Å². The normalized spacial score (nSPS) is 25.0. The third-order valence-electron chi connectivity index (χ3n) is 7.25. The smallest absolute Gasteiger partial charge is 0.275 e. The van der Waals surface area contributed by atoms with Crippen LogP contribution in [-0.2, 0) is 4.79 Å². The number of nitrogens with one attached hydrogen (secondary N) is 1. The van der Waals surface area contributed by atoms with E-state index >= 15 is 0 Å². The molecule has 2 aromatic carbocycles. The van der Waals surface area contributed by atoms with Crippen LogP contribution in [0.4, 0.5) is 4.39 Å². The van der Waals surface area contributed by atoms with Gasteiger partial charge in [0.25, 0.3) is 11.8 Å². The lowest BCUT2D eigenvalue weighted by Crippen LogP contribution is -2.52. The molecule has 2 aliphatic rings. The highest BCUT2D eigenvalue weighted by molar-refractivity contribution is 6.46. The van der Waals surface area contributed by atoms with Crippen molar-refractivity contribution in [3.8, 4) is 0 Å². The standard InChI is InChI=1S/C29H36FN3O2/c1-5-15-31-27(34)23-9-7-21(8-10-23)25(6-2)33-28(35)26(22-11-13-24(30)14-12-22)32-29(33)17-19(3)16-20(4)18-29/h7-14,19-20,25H,5-6,15-18H2,1-4H3,(H,31,34). The molecule has 0 aromatic heterocycles. The molecule has 186 valence electrons. The summed E-state index contributed by atoms with van der Waals surface area (Å²) >= 11 is 0. The largest absolute Gasteiger partial charge is 0.352 e. The zero-order valence-corrected chi connectivity index (χ0v) is 21.2. The maximum atomic E-state index is 14.0. The highest BCUT2D eigenvalue weighted by atomic mass is 19.1. The fourth-order valence-corrected chi connectivity index (χ4v) is 5.95. The van der Waals surface area contributed by atoms with Crippen LogP contribution in [0, 0.1) is 17.7 Å². The number of carbonyl (C=O) groups excluding carboxylic acids is 2. The second-order valence-corrected chi connectivity index (χ2v) is 10.3. The van der Waals surface area contributed by atoms with Crippen molar-refractivity contribution in [2.75, 3.05) is 6.54 Å². The van der Waals surface area contributed by atoms with Crippen LogP contribution in [0.1, 0.15) is 87.3 Å². The fourth-order valence-electron chi connectivity index (χ4n) is 5.95. The van der Waals surface area contributed by atoms with Gasteiger partial charge >= 0.3 is 0 Å². The predicted molar refractivity (Wildman–Crippen MR) is 137 cm³/mol. The van der Waals surface area contributed by atoms with Gasteiger partial charge in [0.2, 0.25) is 0 Å². The van der Waals surface area contributed by atoms with Crippen molar-refractivity contribution in [1.82, 2.24) is 10.2 Å². The van der Waals surface area contributed by atoms with Crippen molar-refractivity contribution < 1.29 is 14.0 Å². The maximum absolute atomic E-state index is 14.0. The minimum atomic E-state index is -0.615. The molecular formula is C29H36FN3O2. The van der Waals surface area contributed by atoms with Gasteiger partial charge in [-0.3, -0.25) is 14.6 Å². The molecule has 3 atom stereocenters. The van der Waals surface area contributed by atoms with Crippen molar-refractivity contribution in [1.29, 1.82) is 0 Å². The van der Waals surface area contributed by atoms with Crippen molar-refractivity contribution >= 4 is 17.5 Å². The van der Waals surface area contributed by atoms with E-state index in [2.05, 4.69) is 26.1 Å². The van der Waals surface area contributed by atoms with Gasteiger partial charge in [-0.1, -0.05) is 39.8 Å². The first kappa shape index (κ1) is 25.1. The zero-order chi connectivity index (χ0) is 25.2. The molecule has 5 nitrogen and oxygen atoms in total. The van der Waals surface area contributed by atoms with Gasteiger partial charge in [0, 0.05) is 17.7 Å². The molecular weight excluding hydrogens is 441 g/mol. The third-order valence-corrected chi connectivity index (χ3v) is 7.25. The van der Waals surface area contributed by atoms with Gasteiger partial charge in [0.05, 0.1) is 6.04 Å². The summed E-state index contributed by atoms with van der Waals surface area (Å²) in [5.74, 6) is 0.354. The van der Waals surface area contributed by atoms with Crippen molar-refractivity contribution in [2.24, 2.45) is 16.8 Å². The molecule has 0 bridgehead atoms. The first-order chi connectivity index (χ1) is 16.8. The molecule has 1 spiro atoms. The van der Waals surface area contributed by atoms with E-state index in [1.165, 1.54) is 12.1 Å². The molecule has 0 saturated heterocycles. The summed E-state index contributed by atoms with van der Waals surface area (Å²) in [4.78, 5) is 33.5. The Hall–Kier alpha value is -3.02. The third kappa shape index (κ3) is 5.02. The zero-order valence-electron chi connectivity index (χ0n) is 21.2. The summed E-state index contributed by atoms with van der Waals surface area (Å²) < 4.78 is 13.6. The van der Waals surface area contributed by atoms with Crippen LogP contribution in [0.25, 0.3) is 0 Å². The van der Waals surface area contributed by atoms with E-state index in [0.717, 1.165) is 37.7 Å². The minimum Gasteiger partial charge on any atom is -0.352 e. The predicted octanol–water partition coefficient (Wildman–Crippen LogP) is 5.90. The average molecular weight is 478 g/mol. The van der Waals surface area contributed by atoms with E-state index in [-0.39, 0.29) is 23.7 Å². The van der Waals surface area contributed by atoms with Crippen LogP contribution in [0.2, 0.25) is 0 Å². The number of hydrogen-bond donors (Lipinski definition) is 1. The second-order valence-electron chi connectivity index (χ2n) is 10.3. The van der Waals surface area contributed by atoms with Gasteiger partial charge in [0.15, 0.2) is 0 Å². The summed E-state index contributed by atoms with van der Waals surface area (Å²) in [6, 6.07) is 13.5. The first-order valence-corrected chi connectivity index (χ1v) is 12.9. The molecule has 1 saturated carbocycles. The second kappa shape index (κ2) is 10.3. The van der Waals surface area contributed by atoms with Crippen LogP contribution in [0.3, 0.4) is 0 Å². The van der Waals surface area contributed by atoms with Gasteiger partial charge in [-0.15, -0.1) is 0 Å². The lowest BCUT2D eigenvalue weighted by Gasteiger charge is -2.47. The number of aliphatic imine (C=N–C) groups is 1. The van der Waals surface area contributed by atoms with Crippen molar-refractivity contribution in [2.45, 2.75) is 71.5 Å². The van der Waals surface area contributed by atoms with Crippen LogP contribution < -0.4 is 5.32 Å². The SMILES string of the molecule is CCCNC(=O)c1ccc(C(CC)N2C(=O)C(c3ccc(F)cc3)=NC23CC(C)CC(C)C3)cc1. The molecule has 0 radical (unpaired) electrons. The maximum Gasteiger partial charge on any atom is 0.275 e. The van der Waals surface area contributed by atoms with E-state index in [1.54, 1.807) is 12.1 Å².